The van der Waals surface area contributed by atoms with Gasteiger partial charge < -0.3 is 10.2 Å². The Bertz CT molecular complexity index is 976. The molecular weight excluding hydrogens is 424 g/mol. The van der Waals surface area contributed by atoms with Gasteiger partial charge in [-0.05, 0) is 61.9 Å². The first-order valence-electron chi connectivity index (χ1n) is 12.9. The summed E-state index contributed by atoms with van der Waals surface area (Å²) < 4.78 is 0. The molecule has 2 atom stereocenters. The molecule has 3 fully saturated rings. The molecule has 1 aromatic heterocycles. The Kier molecular flexibility index (Phi) is 6.95. The standard InChI is InChI=1S/C28H36N4O2/c33-26-24-12-19-32(27(34)28(13-14-28)23-8-4-3-5-9-23)21-25(24)31(18-7-2-1-6-15-30-26)20-22-10-16-29-17-11-22/h3-5,8-11,16-17,24-25H,1-2,6-7,12-15,18-21H2,(H,30,33)/t24-,25-/m1/s1. The molecule has 0 unspecified atom stereocenters. The fourth-order valence-corrected chi connectivity index (χ4v) is 5.82. The van der Waals surface area contributed by atoms with E-state index in [4.69, 9.17) is 0 Å². The molecule has 2 aromatic rings. The first-order chi connectivity index (χ1) is 16.7. The SMILES string of the molecule is O=C1NCCCCCCN(Cc2ccncc2)[C@@H]2CN(C(=O)C3(c4ccccc4)CC3)CC[C@@H]12. The molecule has 180 valence electrons. The van der Waals surface area contributed by atoms with Crippen LogP contribution in [0, 0.1) is 5.92 Å². The van der Waals surface area contributed by atoms with Crippen LogP contribution in [0.4, 0.5) is 0 Å². The van der Waals surface area contributed by atoms with Crippen LogP contribution >= 0.6 is 0 Å². The number of likely N-dealkylation sites (tertiary alicyclic amines) is 1. The number of aromatic nitrogens is 1. The van der Waals surface area contributed by atoms with Gasteiger partial charge in [-0.3, -0.25) is 19.5 Å². The van der Waals surface area contributed by atoms with Crippen molar-refractivity contribution in [2.24, 2.45) is 5.92 Å². The lowest BCUT2D eigenvalue weighted by Gasteiger charge is -2.44. The maximum atomic E-state index is 13.8. The summed E-state index contributed by atoms with van der Waals surface area (Å²) in [5, 5.41) is 3.20. The fourth-order valence-electron chi connectivity index (χ4n) is 5.82. The monoisotopic (exact) mass is 460 g/mol. The third-order valence-corrected chi connectivity index (χ3v) is 7.97. The number of pyridine rings is 1. The molecule has 0 radical (unpaired) electrons. The summed E-state index contributed by atoms with van der Waals surface area (Å²) in [5.41, 5.74) is 1.98. The van der Waals surface area contributed by atoms with Crippen LogP contribution < -0.4 is 5.32 Å². The molecule has 5 rings (SSSR count). The van der Waals surface area contributed by atoms with Crippen LogP contribution in [0.1, 0.15) is 56.1 Å². The average molecular weight is 461 g/mol. The smallest absolute Gasteiger partial charge is 0.233 e. The molecule has 34 heavy (non-hydrogen) atoms. The summed E-state index contributed by atoms with van der Waals surface area (Å²) in [5.74, 6) is 0.314. The van der Waals surface area contributed by atoms with Crippen molar-refractivity contribution in [3.8, 4) is 0 Å². The molecule has 6 nitrogen and oxygen atoms in total. The van der Waals surface area contributed by atoms with E-state index in [1.54, 1.807) is 0 Å². The number of fused-ring (bicyclic) bond motifs is 1. The first-order valence-corrected chi connectivity index (χ1v) is 12.9. The van der Waals surface area contributed by atoms with E-state index in [1.807, 2.05) is 30.6 Å². The van der Waals surface area contributed by atoms with Crippen LogP contribution in [0.15, 0.2) is 54.9 Å². The summed E-state index contributed by atoms with van der Waals surface area (Å²) in [6.45, 7) is 3.76. The quantitative estimate of drug-likeness (QED) is 0.758. The molecule has 0 spiro atoms. The summed E-state index contributed by atoms with van der Waals surface area (Å²) >= 11 is 0. The minimum Gasteiger partial charge on any atom is -0.356 e. The number of nitrogens with one attached hydrogen (secondary N) is 1. The summed E-state index contributed by atoms with van der Waals surface area (Å²) in [6.07, 6.45) is 10.7. The maximum Gasteiger partial charge on any atom is 0.233 e. The van der Waals surface area contributed by atoms with E-state index < -0.39 is 0 Å². The Morgan fingerprint density at radius 1 is 1.00 bits per heavy atom. The van der Waals surface area contributed by atoms with Gasteiger partial charge in [0.1, 0.15) is 0 Å². The Labute approximate surface area is 202 Å². The highest BCUT2D eigenvalue weighted by molar-refractivity contribution is 5.91. The largest absolute Gasteiger partial charge is 0.356 e. The van der Waals surface area contributed by atoms with Crippen LogP contribution in [-0.4, -0.2) is 58.8 Å². The molecule has 2 amide bonds. The van der Waals surface area contributed by atoms with Crippen LogP contribution in [0.2, 0.25) is 0 Å². The predicted octanol–water partition coefficient (Wildman–Crippen LogP) is 3.52. The van der Waals surface area contributed by atoms with E-state index in [0.717, 1.165) is 63.7 Å². The number of carbonyl (C=O) groups excluding carboxylic acids is 2. The lowest BCUT2D eigenvalue weighted by Crippen LogP contribution is -2.58. The van der Waals surface area contributed by atoms with Crippen molar-refractivity contribution in [2.75, 3.05) is 26.2 Å². The third-order valence-electron chi connectivity index (χ3n) is 7.97. The predicted molar refractivity (Wildman–Crippen MR) is 132 cm³/mol. The van der Waals surface area contributed by atoms with Crippen molar-refractivity contribution in [3.63, 3.8) is 0 Å². The van der Waals surface area contributed by atoms with Crippen molar-refractivity contribution in [3.05, 3.63) is 66.0 Å². The number of amides is 2. The van der Waals surface area contributed by atoms with Crippen LogP contribution in [-0.2, 0) is 21.5 Å². The van der Waals surface area contributed by atoms with Crippen molar-refractivity contribution >= 4 is 11.8 Å². The summed E-state index contributed by atoms with van der Waals surface area (Å²) in [7, 11) is 0. The number of carbonyl (C=O) groups is 2. The molecule has 1 saturated carbocycles. The Morgan fingerprint density at radius 3 is 2.53 bits per heavy atom. The summed E-state index contributed by atoms with van der Waals surface area (Å²) in [4.78, 5) is 35.8. The molecule has 3 aliphatic rings. The molecule has 1 N–H and O–H groups in total. The number of piperidine rings is 1. The van der Waals surface area contributed by atoms with E-state index in [1.165, 1.54) is 12.0 Å². The number of hydrogen-bond acceptors (Lipinski definition) is 4. The van der Waals surface area contributed by atoms with Gasteiger partial charge in [-0.15, -0.1) is 0 Å². The second-order valence-corrected chi connectivity index (χ2v) is 10.2. The van der Waals surface area contributed by atoms with Gasteiger partial charge in [0.2, 0.25) is 11.8 Å². The highest BCUT2D eigenvalue weighted by Gasteiger charge is 2.54. The molecule has 2 saturated heterocycles. The van der Waals surface area contributed by atoms with Crippen molar-refractivity contribution in [1.82, 2.24) is 20.1 Å². The van der Waals surface area contributed by atoms with Crippen LogP contribution in [0.3, 0.4) is 0 Å². The molecule has 1 aliphatic carbocycles. The normalized spacial score (nSPS) is 25.5. The van der Waals surface area contributed by atoms with Gasteiger partial charge in [0.25, 0.3) is 0 Å². The van der Waals surface area contributed by atoms with E-state index in [9.17, 15) is 9.59 Å². The molecule has 6 heteroatoms. The van der Waals surface area contributed by atoms with E-state index >= 15 is 0 Å². The Hall–Kier alpha value is -2.73. The van der Waals surface area contributed by atoms with Gasteiger partial charge in [0, 0.05) is 44.6 Å². The average Bonchev–Trinajstić information content (AvgIpc) is 3.69. The van der Waals surface area contributed by atoms with Crippen molar-refractivity contribution in [1.29, 1.82) is 0 Å². The summed E-state index contributed by atoms with van der Waals surface area (Å²) in [6, 6.07) is 14.4. The number of benzene rings is 1. The van der Waals surface area contributed by atoms with E-state index in [2.05, 4.69) is 44.4 Å². The Morgan fingerprint density at radius 2 is 1.76 bits per heavy atom. The van der Waals surface area contributed by atoms with Crippen molar-refractivity contribution in [2.45, 2.75) is 62.9 Å². The molecule has 2 aliphatic heterocycles. The third kappa shape index (κ3) is 4.88. The first kappa shape index (κ1) is 23.0. The minimum atomic E-state index is -0.361. The lowest BCUT2D eigenvalue weighted by atomic mass is 9.86. The van der Waals surface area contributed by atoms with Crippen LogP contribution in [0.25, 0.3) is 0 Å². The van der Waals surface area contributed by atoms with E-state index in [0.29, 0.717) is 13.1 Å². The van der Waals surface area contributed by atoms with Gasteiger partial charge in [-0.25, -0.2) is 0 Å². The topological polar surface area (TPSA) is 65.5 Å². The second-order valence-electron chi connectivity index (χ2n) is 10.2. The zero-order valence-corrected chi connectivity index (χ0v) is 20.0. The van der Waals surface area contributed by atoms with Crippen molar-refractivity contribution < 1.29 is 9.59 Å². The highest BCUT2D eigenvalue weighted by Crippen LogP contribution is 2.50. The maximum absolute atomic E-state index is 13.8. The zero-order valence-electron chi connectivity index (χ0n) is 20.0. The fraction of sp³-hybridized carbons (Fsp3) is 0.536. The minimum absolute atomic E-state index is 0.0236. The molecular formula is C28H36N4O2. The zero-order chi connectivity index (χ0) is 23.4. The molecule has 1 aromatic carbocycles. The van der Waals surface area contributed by atoms with E-state index in [-0.39, 0.29) is 29.2 Å². The Balaban J connectivity index is 1.40. The van der Waals surface area contributed by atoms with Gasteiger partial charge in [0.05, 0.1) is 11.3 Å². The molecule has 0 bridgehead atoms. The number of rotatable bonds is 4. The highest BCUT2D eigenvalue weighted by atomic mass is 16.2. The van der Waals surface area contributed by atoms with Gasteiger partial charge in [-0.2, -0.15) is 0 Å². The van der Waals surface area contributed by atoms with Gasteiger partial charge >= 0.3 is 0 Å². The second kappa shape index (κ2) is 10.3. The van der Waals surface area contributed by atoms with Gasteiger partial charge in [-0.1, -0.05) is 43.2 Å². The van der Waals surface area contributed by atoms with Crippen LogP contribution in [0.5, 0.6) is 0 Å². The number of hydrogen-bond donors (Lipinski definition) is 1. The van der Waals surface area contributed by atoms with Gasteiger partial charge in [0.15, 0.2) is 0 Å². The molecule has 3 heterocycles. The number of nitrogens with zero attached hydrogens (tertiary/aromatic N) is 3. The lowest BCUT2D eigenvalue weighted by molar-refractivity contribution is -0.141.